The number of terminal acetylenes is 1. The Bertz CT molecular complexity index is 363. The summed E-state index contributed by atoms with van der Waals surface area (Å²) in [5.41, 5.74) is -1.77. The van der Waals surface area contributed by atoms with Gasteiger partial charge in [0.1, 0.15) is 5.60 Å². The van der Waals surface area contributed by atoms with Crippen LogP contribution >= 0.6 is 0 Å². The second-order valence-corrected chi connectivity index (χ2v) is 5.78. The van der Waals surface area contributed by atoms with Crippen molar-refractivity contribution in [3.63, 3.8) is 0 Å². The molecule has 1 N–H and O–H groups in total. The Morgan fingerprint density at radius 3 is 2.53 bits per heavy atom. The Morgan fingerprint density at radius 1 is 1.53 bits per heavy atom. The number of ketones is 1. The molecule has 2 nitrogen and oxygen atoms in total. The fourth-order valence-electron chi connectivity index (χ4n) is 3.74. The quantitative estimate of drug-likeness (QED) is 0.664. The minimum absolute atomic E-state index is 0.0264. The van der Waals surface area contributed by atoms with Crippen molar-refractivity contribution in [3.8, 4) is 12.3 Å². The van der Waals surface area contributed by atoms with Crippen LogP contribution in [0.15, 0.2) is 0 Å². The van der Waals surface area contributed by atoms with Crippen molar-refractivity contribution in [3.05, 3.63) is 0 Å². The van der Waals surface area contributed by atoms with E-state index in [9.17, 15) is 9.90 Å². The van der Waals surface area contributed by atoms with Crippen molar-refractivity contribution in [2.24, 2.45) is 16.7 Å². The third-order valence-corrected chi connectivity index (χ3v) is 5.07. The van der Waals surface area contributed by atoms with Crippen molar-refractivity contribution in [1.29, 1.82) is 0 Å². The first-order valence-corrected chi connectivity index (χ1v) is 5.51. The van der Waals surface area contributed by atoms with E-state index in [2.05, 4.69) is 19.8 Å². The SMILES string of the molecule is C#CCC1(O)C(=O)C2(C)CCC1C2(C)C. The summed E-state index contributed by atoms with van der Waals surface area (Å²) in [6.45, 7) is 6.14. The van der Waals surface area contributed by atoms with E-state index in [4.69, 9.17) is 6.42 Å². The van der Waals surface area contributed by atoms with Gasteiger partial charge in [0.25, 0.3) is 0 Å². The lowest BCUT2D eigenvalue weighted by molar-refractivity contribution is -0.146. The Kier molecular flexibility index (Phi) is 1.89. The predicted molar refractivity (Wildman–Crippen MR) is 58.0 cm³/mol. The molecule has 3 unspecified atom stereocenters. The van der Waals surface area contributed by atoms with Crippen LogP contribution in [0, 0.1) is 29.1 Å². The first kappa shape index (κ1) is 10.7. The van der Waals surface area contributed by atoms with Crippen molar-refractivity contribution in [2.45, 2.75) is 45.6 Å². The number of hydrogen-bond acceptors (Lipinski definition) is 2. The largest absolute Gasteiger partial charge is 0.381 e. The van der Waals surface area contributed by atoms with Crippen LogP contribution in [0.4, 0.5) is 0 Å². The number of hydrogen-bond donors (Lipinski definition) is 1. The maximum absolute atomic E-state index is 12.3. The molecule has 0 aromatic carbocycles. The number of aliphatic hydroxyl groups is 1. The molecule has 3 atom stereocenters. The lowest BCUT2D eigenvalue weighted by Crippen LogP contribution is -2.46. The van der Waals surface area contributed by atoms with Gasteiger partial charge in [0, 0.05) is 17.8 Å². The summed E-state index contributed by atoms with van der Waals surface area (Å²) in [5, 5.41) is 10.5. The fraction of sp³-hybridized carbons (Fsp3) is 0.769. The zero-order chi connectivity index (χ0) is 11.5. The summed E-state index contributed by atoms with van der Waals surface area (Å²) in [5.74, 6) is 2.44. The highest BCUT2D eigenvalue weighted by molar-refractivity contribution is 5.97. The van der Waals surface area contributed by atoms with E-state index < -0.39 is 5.60 Å². The van der Waals surface area contributed by atoms with Crippen molar-refractivity contribution in [1.82, 2.24) is 0 Å². The molecule has 0 aromatic rings. The van der Waals surface area contributed by atoms with Crippen molar-refractivity contribution in [2.75, 3.05) is 0 Å². The lowest BCUT2D eigenvalue weighted by Gasteiger charge is -2.31. The molecule has 0 saturated heterocycles. The number of rotatable bonds is 1. The van der Waals surface area contributed by atoms with Gasteiger partial charge in [0.2, 0.25) is 0 Å². The normalized spacial score (nSPS) is 46.9. The average molecular weight is 206 g/mol. The second-order valence-electron chi connectivity index (χ2n) is 5.78. The number of Topliss-reactive ketones (excluding diaryl/α,β-unsaturated/α-hetero) is 1. The minimum atomic E-state index is -1.26. The summed E-state index contributed by atoms with van der Waals surface area (Å²) in [6, 6.07) is 0. The van der Waals surface area contributed by atoms with Gasteiger partial charge in [-0.1, -0.05) is 20.8 Å². The highest BCUT2D eigenvalue weighted by atomic mass is 16.3. The average Bonchev–Trinajstić information content (AvgIpc) is 2.42. The zero-order valence-corrected chi connectivity index (χ0v) is 9.63. The van der Waals surface area contributed by atoms with Gasteiger partial charge in [0.05, 0.1) is 0 Å². The summed E-state index contributed by atoms with van der Waals surface area (Å²) >= 11 is 0. The minimum Gasteiger partial charge on any atom is -0.381 e. The number of fused-ring (bicyclic) bond motifs is 2. The topological polar surface area (TPSA) is 37.3 Å². The van der Waals surface area contributed by atoms with Gasteiger partial charge in [-0.15, -0.1) is 12.3 Å². The van der Waals surface area contributed by atoms with E-state index >= 15 is 0 Å². The van der Waals surface area contributed by atoms with E-state index in [0.29, 0.717) is 0 Å². The highest BCUT2D eigenvalue weighted by Crippen LogP contribution is 2.67. The zero-order valence-electron chi connectivity index (χ0n) is 9.63. The molecule has 2 rings (SSSR count). The van der Waals surface area contributed by atoms with Crippen LogP contribution in [0.25, 0.3) is 0 Å². The van der Waals surface area contributed by atoms with E-state index in [1.807, 2.05) is 6.92 Å². The molecule has 0 aliphatic heterocycles. The molecule has 2 saturated carbocycles. The van der Waals surface area contributed by atoms with Crippen molar-refractivity contribution < 1.29 is 9.90 Å². The van der Waals surface area contributed by atoms with Gasteiger partial charge in [-0.3, -0.25) is 4.79 Å². The third kappa shape index (κ3) is 0.928. The van der Waals surface area contributed by atoms with Gasteiger partial charge >= 0.3 is 0 Å². The molecule has 0 aromatic heterocycles. The molecule has 2 fully saturated rings. The van der Waals surface area contributed by atoms with Crippen molar-refractivity contribution >= 4 is 5.78 Å². The molecular weight excluding hydrogens is 188 g/mol. The maximum Gasteiger partial charge on any atom is 0.172 e. The van der Waals surface area contributed by atoms with E-state index in [0.717, 1.165) is 12.8 Å². The Morgan fingerprint density at radius 2 is 2.13 bits per heavy atom. The van der Waals surface area contributed by atoms with E-state index in [1.54, 1.807) is 0 Å². The van der Waals surface area contributed by atoms with Crippen LogP contribution in [-0.4, -0.2) is 16.5 Å². The molecule has 15 heavy (non-hydrogen) atoms. The highest BCUT2D eigenvalue weighted by Gasteiger charge is 2.72. The predicted octanol–water partition coefficient (Wildman–Crippen LogP) is 1.77. The molecule has 0 heterocycles. The summed E-state index contributed by atoms with van der Waals surface area (Å²) in [6.07, 6.45) is 7.21. The number of carbonyl (C=O) groups excluding carboxylic acids is 1. The Balaban J connectivity index is 2.52. The van der Waals surface area contributed by atoms with Crippen LogP contribution in [0.1, 0.15) is 40.0 Å². The van der Waals surface area contributed by atoms with Gasteiger partial charge < -0.3 is 5.11 Å². The molecule has 2 aliphatic rings. The van der Waals surface area contributed by atoms with E-state index in [-0.39, 0.29) is 29.0 Å². The Hall–Kier alpha value is -0.810. The third-order valence-electron chi connectivity index (χ3n) is 5.07. The number of carbonyl (C=O) groups is 1. The molecule has 2 heteroatoms. The van der Waals surface area contributed by atoms with Crippen LogP contribution in [0.2, 0.25) is 0 Å². The monoisotopic (exact) mass is 206 g/mol. The maximum atomic E-state index is 12.3. The summed E-state index contributed by atoms with van der Waals surface area (Å²) < 4.78 is 0. The first-order chi connectivity index (χ1) is 6.80. The molecule has 82 valence electrons. The molecule has 2 aliphatic carbocycles. The van der Waals surface area contributed by atoms with E-state index in [1.165, 1.54) is 0 Å². The Labute approximate surface area is 91.1 Å². The lowest BCUT2D eigenvalue weighted by atomic mass is 9.70. The van der Waals surface area contributed by atoms with Gasteiger partial charge in [0.15, 0.2) is 5.78 Å². The smallest absolute Gasteiger partial charge is 0.172 e. The first-order valence-electron chi connectivity index (χ1n) is 5.51. The summed E-state index contributed by atoms with van der Waals surface area (Å²) in [4.78, 5) is 12.3. The van der Waals surface area contributed by atoms with Crippen LogP contribution in [0.5, 0.6) is 0 Å². The molecule has 0 radical (unpaired) electrons. The molecule has 2 bridgehead atoms. The fourth-order valence-corrected chi connectivity index (χ4v) is 3.74. The van der Waals surface area contributed by atoms with Crippen LogP contribution < -0.4 is 0 Å². The standard InChI is InChI=1S/C13H18O2/c1-5-7-13(15)9-6-8-12(4,10(13)14)11(9,2)3/h1,9,15H,6-8H2,2-4H3. The van der Waals surface area contributed by atoms with Gasteiger partial charge in [-0.25, -0.2) is 0 Å². The second kappa shape index (κ2) is 2.65. The molecular formula is C13H18O2. The summed E-state index contributed by atoms with van der Waals surface area (Å²) in [7, 11) is 0. The van der Waals surface area contributed by atoms with Crippen LogP contribution in [-0.2, 0) is 4.79 Å². The molecule has 0 spiro atoms. The molecule has 0 amide bonds. The van der Waals surface area contributed by atoms with Crippen LogP contribution in [0.3, 0.4) is 0 Å². The van der Waals surface area contributed by atoms with Gasteiger partial charge in [-0.2, -0.15) is 0 Å². The van der Waals surface area contributed by atoms with Gasteiger partial charge in [-0.05, 0) is 18.3 Å².